The van der Waals surface area contributed by atoms with Gasteiger partial charge >= 0.3 is 0 Å². The Balaban J connectivity index is 2.00. The van der Waals surface area contributed by atoms with Crippen molar-refractivity contribution in [1.29, 1.82) is 0 Å². The number of methoxy groups -OCH3 is 1. The number of aromatic nitrogens is 3. The van der Waals surface area contributed by atoms with Crippen molar-refractivity contribution >= 4 is 0 Å². The van der Waals surface area contributed by atoms with Crippen LogP contribution in [0.4, 0.5) is 0 Å². The van der Waals surface area contributed by atoms with Crippen molar-refractivity contribution in [3.8, 4) is 0 Å². The van der Waals surface area contributed by atoms with Crippen molar-refractivity contribution < 1.29 is 9.84 Å². The molecule has 0 saturated carbocycles. The van der Waals surface area contributed by atoms with E-state index >= 15 is 0 Å². The molecule has 1 aromatic rings. The van der Waals surface area contributed by atoms with Gasteiger partial charge in [0, 0.05) is 32.7 Å². The van der Waals surface area contributed by atoms with Crippen LogP contribution in [0.5, 0.6) is 0 Å². The topological polar surface area (TPSA) is 63.4 Å². The molecule has 2 heterocycles. The third-order valence-corrected chi connectivity index (χ3v) is 4.46. The van der Waals surface area contributed by atoms with Gasteiger partial charge in [-0.05, 0) is 32.7 Å². The fourth-order valence-corrected chi connectivity index (χ4v) is 2.96. The second-order valence-electron chi connectivity index (χ2n) is 5.94. The molecule has 1 aliphatic rings. The largest absolute Gasteiger partial charge is 0.396 e. The summed E-state index contributed by atoms with van der Waals surface area (Å²) in [4.78, 5) is 2.37. The molecular formula is C14H26N4O2. The van der Waals surface area contributed by atoms with Gasteiger partial charge in [-0.25, -0.2) is 0 Å². The van der Waals surface area contributed by atoms with Crippen molar-refractivity contribution in [1.82, 2.24) is 19.7 Å². The van der Waals surface area contributed by atoms with Crippen LogP contribution in [-0.2, 0) is 18.3 Å². The molecule has 1 unspecified atom stereocenters. The summed E-state index contributed by atoms with van der Waals surface area (Å²) in [6.07, 6.45) is 3.09. The van der Waals surface area contributed by atoms with Gasteiger partial charge in [0.2, 0.25) is 0 Å². The Kier molecular flexibility index (Phi) is 5.12. The molecule has 1 N–H and O–H groups in total. The smallest absolute Gasteiger partial charge is 0.146 e. The van der Waals surface area contributed by atoms with Crippen LogP contribution in [0.3, 0.4) is 0 Å². The van der Waals surface area contributed by atoms with Gasteiger partial charge in [0.25, 0.3) is 0 Å². The average Bonchev–Trinajstić information content (AvgIpc) is 2.77. The number of aryl methyl sites for hydroxylation is 1. The monoisotopic (exact) mass is 282 g/mol. The minimum absolute atomic E-state index is 0.0259. The molecule has 114 valence electrons. The van der Waals surface area contributed by atoms with E-state index in [1.807, 2.05) is 18.5 Å². The number of aliphatic hydroxyl groups is 1. The lowest BCUT2D eigenvalue weighted by Gasteiger charge is -2.41. The van der Waals surface area contributed by atoms with Gasteiger partial charge in [0.1, 0.15) is 11.6 Å². The number of ether oxygens (including phenoxy) is 1. The summed E-state index contributed by atoms with van der Waals surface area (Å²) in [5.41, 5.74) is -0.0259. The Morgan fingerprint density at radius 3 is 2.80 bits per heavy atom. The van der Waals surface area contributed by atoms with E-state index in [-0.39, 0.29) is 12.0 Å². The van der Waals surface area contributed by atoms with Crippen LogP contribution in [0, 0.1) is 12.3 Å². The number of aliphatic hydroxyl groups excluding tert-OH is 1. The summed E-state index contributed by atoms with van der Waals surface area (Å²) in [5.74, 6) is 1.92. The SMILES string of the molecule is COCCC1(CO)CCCN(Cc2nnc(C)n2C)C1. The van der Waals surface area contributed by atoms with Crippen LogP contribution in [0.2, 0.25) is 0 Å². The zero-order valence-corrected chi connectivity index (χ0v) is 12.8. The lowest BCUT2D eigenvalue weighted by atomic mass is 9.78. The maximum absolute atomic E-state index is 9.80. The first-order valence-electron chi connectivity index (χ1n) is 7.27. The van der Waals surface area contributed by atoms with Crippen molar-refractivity contribution in [2.24, 2.45) is 12.5 Å². The molecular weight excluding hydrogens is 256 g/mol. The summed E-state index contributed by atoms with van der Waals surface area (Å²) in [5, 5.41) is 18.1. The normalized spacial score (nSPS) is 24.2. The molecule has 20 heavy (non-hydrogen) atoms. The predicted octanol–water partition coefficient (Wildman–Crippen LogP) is 0.735. The molecule has 0 bridgehead atoms. The lowest BCUT2D eigenvalue weighted by molar-refractivity contribution is 0.00368. The Bertz CT molecular complexity index is 435. The lowest BCUT2D eigenvalue weighted by Crippen LogP contribution is -2.45. The number of piperidine rings is 1. The van der Waals surface area contributed by atoms with Crippen LogP contribution in [0.1, 0.15) is 30.9 Å². The zero-order chi connectivity index (χ0) is 14.6. The molecule has 0 radical (unpaired) electrons. The van der Waals surface area contributed by atoms with Gasteiger partial charge in [-0.2, -0.15) is 0 Å². The summed E-state index contributed by atoms with van der Waals surface area (Å²) >= 11 is 0. The van der Waals surface area contributed by atoms with Crippen molar-refractivity contribution in [2.75, 3.05) is 33.4 Å². The highest BCUT2D eigenvalue weighted by atomic mass is 16.5. The number of hydrogen-bond donors (Lipinski definition) is 1. The van der Waals surface area contributed by atoms with Gasteiger partial charge in [-0.3, -0.25) is 4.90 Å². The van der Waals surface area contributed by atoms with Gasteiger partial charge in [0.05, 0.1) is 13.2 Å². The Labute approximate surface area is 120 Å². The van der Waals surface area contributed by atoms with E-state index in [0.717, 1.165) is 50.5 Å². The molecule has 0 amide bonds. The fraction of sp³-hybridized carbons (Fsp3) is 0.857. The summed E-state index contributed by atoms with van der Waals surface area (Å²) in [6.45, 7) is 5.65. The first kappa shape index (κ1) is 15.4. The van der Waals surface area contributed by atoms with E-state index in [9.17, 15) is 5.11 Å². The molecule has 6 heteroatoms. The Morgan fingerprint density at radius 1 is 1.40 bits per heavy atom. The van der Waals surface area contributed by atoms with Crippen LogP contribution < -0.4 is 0 Å². The quantitative estimate of drug-likeness (QED) is 0.833. The number of rotatable bonds is 6. The third-order valence-electron chi connectivity index (χ3n) is 4.46. The van der Waals surface area contributed by atoms with Crippen LogP contribution in [0.25, 0.3) is 0 Å². The maximum atomic E-state index is 9.80. The van der Waals surface area contributed by atoms with E-state index < -0.39 is 0 Å². The van der Waals surface area contributed by atoms with E-state index in [1.54, 1.807) is 7.11 Å². The standard InChI is InChI=1S/C14H26N4O2/c1-12-15-16-13(17(12)2)9-18-7-4-5-14(10-18,11-19)6-8-20-3/h19H,4-11H2,1-3H3. The van der Waals surface area contributed by atoms with Crippen LogP contribution in [-0.4, -0.2) is 58.2 Å². The number of nitrogens with zero attached hydrogens (tertiary/aromatic N) is 4. The summed E-state index contributed by atoms with van der Waals surface area (Å²) in [7, 11) is 3.72. The van der Waals surface area contributed by atoms with Crippen molar-refractivity contribution in [2.45, 2.75) is 32.7 Å². The van der Waals surface area contributed by atoms with E-state index in [0.29, 0.717) is 6.61 Å². The van der Waals surface area contributed by atoms with Gasteiger partial charge in [-0.15, -0.1) is 10.2 Å². The molecule has 6 nitrogen and oxygen atoms in total. The molecule has 1 atom stereocenters. The van der Waals surface area contributed by atoms with Crippen molar-refractivity contribution in [3.05, 3.63) is 11.6 Å². The molecule has 0 aromatic carbocycles. The fourth-order valence-electron chi connectivity index (χ4n) is 2.96. The highest BCUT2D eigenvalue weighted by molar-refractivity contribution is 4.95. The molecule has 0 spiro atoms. The van der Waals surface area contributed by atoms with Gasteiger partial charge < -0.3 is 14.4 Å². The molecule has 1 aliphatic heterocycles. The molecule has 1 aromatic heterocycles. The molecule has 0 aliphatic carbocycles. The number of likely N-dealkylation sites (tertiary alicyclic amines) is 1. The van der Waals surface area contributed by atoms with E-state index in [4.69, 9.17) is 4.74 Å². The van der Waals surface area contributed by atoms with E-state index in [2.05, 4.69) is 15.1 Å². The van der Waals surface area contributed by atoms with Gasteiger partial charge in [-0.1, -0.05) is 0 Å². The Hall–Kier alpha value is -0.980. The van der Waals surface area contributed by atoms with Gasteiger partial charge in [0.15, 0.2) is 0 Å². The third kappa shape index (κ3) is 3.37. The van der Waals surface area contributed by atoms with E-state index in [1.165, 1.54) is 0 Å². The van der Waals surface area contributed by atoms with Crippen LogP contribution >= 0.6 is 0 Å². The number of hydrogen-bond acceptors (Lipinski definition) is 5. The van der Waals surface area contributed by atoms with Crippen molar-refractivity contribution in [3.63, 3.8) is 0 Å². The minimum atomic E-state index is -0.0259. The highest BCUT2D eigenvalue weighted by Gasteiger charge is 2.35. The zero-order valence-electron chi connectivity index (χ0n) is 12.8. The minimum Gasteiger partial charge on any atom is -0.396 e. The average molecular weight is 282 g/mol. The Morgan fingerprint density at radius 2 is 2.20 bits per heavy atom. The summed E-state index contributed by atoms with van der Waals surface area (Å²) < 4.78 is 7.22. The first-order valence-corrected chi connectivity index (χ1v) is 7.27. The predicted molar refractivity (Wildman–Crippen MR) is 76.3 cm³/mol. The molecule has 2 rings (SSSR count). The maximum Gasteiger partial charge on any atom is 0.146 e. The summed E-state index contributed by atoms with van der Waals surface area (Å²) in [6, 6.07) is 0. The molecule has 1 fully saturated rings. The molecule has 1 saturated heterocycles. The second-order valence-corrected chi connectivity index (χ2v) is 5.94. The van der Waals surface area contributed by atoms with Crippen LogP contribution in [0.15, 0.2) is 0 Å². The highest BCUT2D eigenvalue weighted by Crippen LogP contribution is 2.33. The first-order chi connectivity index (χ1) is 9.60. The second kappa shape index (κ2) is 6.65.